The Balaban J connectivity index is 2.74. The number of rotatable bonds is 4. The van der Waals surface area contributed by atoms with Crippen molar-refractivity contribution in [3.63, 3.8) is 0 Å². The summed E-state index contributed by atoms with van der Waals surface area (Å²) in [5, 5.41) is 12.1. The second kappa shape index (κ2) is 5.36. The molecular formula is C10H10N4O2. The van der Waals surface area contributed by atoms with E-state index >= 15 is 0 Å². The number of anilines is 1. The standard InChI is InChI=1S/C10H10N4O2/c1-16-8-4-2-7(3-5-8)13-14-9(6-11)10(12)15/h2-5,13H,1H3,(H2,12,15)/b14-9-. The Kier molecular flexibility index (Phi) is 3.86. The molecule has 1 rings (SSSR count). The Morgan fingerprint density at radius 3 is 2.56 bits per heavy atom. The lowest BCUT2D eigenvalue weighted by Crippen LogP contribution is -2.22. The lowest BCUT2D eigenvalue weighted by molar-refractivity contribution is -0.111. The summed E-state index contributed by atoms with van der Waals surface area (Å²) in [6, 6.07) is 8.40. The maximum absolute atomic E-state index is 10.7. The zero-order chi connectivity index (χ0) is 12.0. The highest BCUT2D eigenvalue weighted by molar-refractivity contribution is 6.44. The van der Waals surface area contributed by atoms with Gasteiger partial charge in [0.1, 0.15) is 11.8 Å². The quantitative estimate of drug-likeness (QED) is 0.566. The number of carbonyl (C=O) groups excluding carboxylic acids is 1. The normalized spacial score (nSPS) is 10.4. The molecule has 0 aliphatic heterocycles. The third kappa shape index (κ3) is 2.99. The smallest absolute Gasteiger partial charge is 0.280 e. The van der Waals surface area contributed by atoms with Crippen LogP contribution in [0.25, 0.3) is 0 Å². The van der Waals surface area contributed by atoms with Gasteiger partial charge < -0.3 is 10.5 Å². The molecule has 0 spiro atoms. The number of methoxy groups -OCH3 is 1. The predicted molar refractivity (Wildman–Crippen MR) is 58.9 cm³/mol. The van der Waals surface area contributed by atoms with Crippen molar-refractivity contribution >= 4 is 17.3 Å². The number of hydrogen-bond acceptors (Lipinski definition) is 5. The second-order valence-corrected chi connectivity index (χ2v) is 2.78. The van der Waals surface area contributed by atoms with Crippen LogP contribution in [0.5, 0.6) is 5.75 Å². The maximum Gasteiger partial charge on any atom is 0.280 e. The first-order valence-corrected chi connectivity index (χ1v) is 4.35. The summed E-state index contributed by atoms with van der Waals surface area (Å²) >= 11 is 0. The molecule has 0 bridgehead atoms. The van der Waals surface area contributed by atoms with Gasteiger partial charge in [0.2, 0.25) is 5.71 Å². The average molecular weight is 218 g/mol. The number of carbonyl (C=O) groups is 1. The first kappa shape index (κ1) is 11.5. The number of nitriles is 1. The summed E-state index contributed by atoms with van der Waals surface area (Å²) in [6.07, 6.45) is 0. The van der Waals surface area contributed by atoms with Crippen molar-refractivity contribution in [3.05, 3.63) is 24.3 Å². The van der Waals surface area contributed by atoms with E-state index in [0.29, 0.717) is 11.4 Å². The first-order chi connectivity index (χ1) is 7.67. The van der Waals surface area contributed by atoms with Crippen molar-refractivity contribution in [3.8, 4) is 11.8 Å². The van der Waals surface area contributed by atoms with Gasteiger partial charge in [0.05, 0.1) is 12.8 Å². The summed E-state index contributed by atoms with van der Waals surface area (Å²) in [5.74, 6) is -0.173. The summed E-state index contributed by atoms with van der Waals surface area (Å²) in [5.41, 5.74) is 7.68. The van der Waals surface area contributed by atoms with Crippen LogP contribution in [0.2, 0.25) is 0 Å². The van der Waals surface area contributed by atoms with E-state index in [1.807, 2.05) is 0 Å². The van der Waals surface area contributed by atoms with Gasteiger partial charge in [0, 0.05) is 0 Å². The number of benzene rings is 1. The molecule has 82 valence electrons. The topological polar surface area (TPSA) is 100 Å². The van der Waals surface area contributed by atoms with E-state index in [1.54, 1.807) is 37.4 Å². The van der Waals surface area contributed by atoms with E-state index in [4.69, 9.17) is 15.7 Å². The molecule has 0 fully saturated rings. The molecule has 0 unspecified atom stereocenters. The van der Waals surface area contributed by atoms with Gasteiger partial charge in [-0.1, -0.05) is 0 Å². The minimum atomic E-state index is -0.872. The summed E-state index contributed by atoms with van der Waals surface area (Å²) in [6.45, 7) is 0. The third-order valence-electron chi connectivity index (χ3n) is 1.73. The molecule has 6 heteroatoms. The lowest BCUT2D eigenvalue weighted by atomic mass is 10.3. The molecule has 0 aliphatic rings. The molecule has 0 saturated carbocycles. The van der Waals surface area contributed by atoms with Gasteiger partial charge in [-0.2, -0.15) is 10.4 Å². The fourth-order valence-electron chi connectivity index (χ4n) is 0.921. The van der Waals surface area contributed by atoms with Gasteiger partial charge in [-0.05, 0) is 24.3 Å². The molecule has 0 atom stereocenters. The summed E-state index contributed by atoms with van der Waals surface area (Å²) < 4.78 is 4.96. The van der Waals surface area contributed by atoms with Crippen LogP contribution in [-0.4, -0.2) is 18.7 Å². The van der Waals surface area contributed by atoms with E-state index in [1.165, 1.54) is 0 Å². The van der Waals surface area contributed by atoms with E-state index in [9.17, 15) is 4.79 Å². The molecule has 1 aromatic carbocycles. The van der Waals surface area contributed by atoms with Crippen LogP contribution in [0.15, 0.2) is 29.4 Å². The number of amides is 1. The number of nitrogens with one attached hydrogen (secondary N) is 1. The monoisotopic (exact) mass is 218 g/mol. The molecular weight excluding hydrogens is 208 g/mol. The van der Waals surface area contributed by atoms with Crippen molar-refractivity contribution in [2.45, 2.75) is 0 Å². The number of ether oxygens (including phenoxy) is 1. The van der Waals surface area contributed by atoms with E-state index in [2.05, 4.69) is 10.5 Å². The van der Waals surface area contributed by atoms with Crippen LogP contribution >= 0.6 is 0 Å². The molecule has 0 aromatic heterocycles. The molecule has 16 heavy (non-hydrogen) atoms. The van der Waals surface area contributed by atoms with Gasteiger partial charge in [-0.3, -0.25) is 10.2 Å². The minimum Gasteiger partial charge on any atom is -0.497 e. The van der Waals surface area contributed by atoms with Crippen LogP contribution in [-0.2, 0) is 4.79 Å². The Morgan fingerprint density at radius 1 is 1.50 bits per heavy atom. The van der Waals surface area contributed by atoms with Crippen molar-refractivity contribution in [1.82, 2.24) is 0 Å². The molecule has 0 heterocycles. The molecule has 0 radical (unpaired) electrons. The Labute approximate surface area is 92.3 Å². The van der Waals surface area contributed by atoms with Gasteiger partial charge in [-0.25, -0.2) is 0 Å². The molecule has 6 nitrogen and oxygen atoms in total. The van der Waals surface area contributed by atoms with E-state index < -0.39 is 5.91 Å². The van der Waals surface area contributed by atoms with Crippen LogP contribution in [0.3, 0.4) is 0 Å². The predicted octanol–water partition coefficient (Wildman–Crippen LogP) is 0.472. The Hall–Kier alpha value is -2.55. The van der Waals surface area contributed by atoms with Crippen LogP contribution in [0.1, 0.15) is 0 Å². The van der Waals surface area contributed by atoms with Crippen molar-refractivity contribution < 1.29 is 9.53 Å². The van der Waals surface area contributed by atoms with Crippen LogP contribution in [0.4, 0.5) is 5.69 Å². The average Bonchev–Trinajstić information content (AvgIpc) is 2.30. The Bertz CT molecular complexity index is 445. The summed E-state index contributed by atoms with van der Waals surface area (Å²) in [7, 11) is 1.56. The molecule has 0 aliphatic carbocycles. The number of hydrazone groups is 1. The SMILES string of the molecule is COc1ccc(N/N=C(/C#N)C(N)=O)cc1. The number of hydrogen-bond donors (Lipinski definition) is 2. The minimum absolute atomic E-state index is 0.379. The van der Waals surface area contributed by atoms with Crippen LogP contribution in [0, 0.1) is 11.3 Å². The van der Waals surface area contributed by atoms with Crippen LogP contribution < -0.4 is 15.9 Å². The van der Waals surface area contributed by atoms with Gasteiger partial charge in [-0.15, -0.1) is 0 Å². The van der Waals surface area contributed by atoms with Crippen molar-refractivity contribution in [2.75, 3.05) is 12.5 Å². The highest BCUT2D eigenvalue weighted by atomic mass is 16.5. The molecule has 1 amide bonds. The second-order valence-electron chi connectivity index (χ2n) is 2.78. The maximum atomic E-state index is 10.7. The van der Waals surface area contributed by atoms with Crippen molar-refractivity contribution in [1.29, 1.82) is 5.26 Å². The molecule has 1 aromatic rings. The number of nitrogens with zero attached hydrogens (tertiary/aromatic N) is 2. The molecule has 0 saturated heterocycles. The highest BCUT2D eigenvalue weighted by Crippen LogP contribution is 2.14. The lowest BCUT2D eigenvalue weighted by Gasteiger charge is -2.02. The zero-order valence-electron chi connectivity index (χ0n) is 8.60. The van der Waals surface area contributed by atoms with Gasteiger partial charge in [0.25, 0.3) is 5.91 Å². The summed E-state index contributed by atoms with van der Waals surface area (Å²) in [4.78, 5) is 10.7. The highest BCUT2D eigenvalue weighted by Gasteiger charge is 2.04. The molecule has 3 N–H and O–H groups in total. The first-order valence-electron chi connectivity index (χ1n) is 4.35. The Morgan fingerprint density at radius 2 is 2.12 bits per heavy atom. The fourth-order valence-corrected chi connectivity index (χ4v) is 0.921. The number of nitrogens with two attached hydrogens (primary N) is 1. The van der Waals surface area contributed by atoms with Gasteiger partial charge in [0.15, 0.2) is 0 Å². The van der Waals surface area contributed by atoms with Gasteiger partial charge >= 0.3 is 0 Å². The third-order valence-corrected chi connectivity index (χ3v) is 1.73. The largest absolute Gasteiger partial charge is 0.497 e. The van der Waals surface area contributed by atoms with Crippen molar-refractivity contribution in [2.24, 2.45) is 10.8 Å². The zero-order valence-corrected chi connectivity index (χ0v) is 8.60. The van der Waals surface area contributed by atoms with E-state index in [0.717, 1.165) is 0 Å². The fraction of sp³-hybridized carbons (Fsp3) is 0.100. The van der Waals surface area contributed by atoms with E-state index in [-0.39, 0.29) is 5.71 Å². The number of primary amides is 1.